The number of aryl methyl sites for hydroxylation is 3. The lowest BCUT2D eigenvalue weighted by Gasteiger charge is -2.10. The molecule has 2 aromatic rings. The van der Waals surface area contributed by atoms with Crippen LogP contribution in [0.3, 0.4) is 0 Å². The second-order valence-corrected chi connectivity index (χ2v) is 10.7. The Bertz CT molecular complexity index is 676. The molecule has 2 rings (SSSR count). The van der Waals surface area contributed by atoms with E-state index >= 15 is 0 Å². The summed E-state index contributed by atoms with van der Waals surface area (Å²) in [6, 6.07) is 16.9. The van der Waals surface area contributed by atoms with Crippen LogP contribution in [-0.4, -0.2) is 7.33 Å². The molecule has 25 heavy (non-hydrogen) atoms. The van der Waals surface area contributed by atoms with Crippen LogP contribution >= 0.6 is 34.8 Å². The number of rotatable bonds is 8. The molecule has 0 N–H and O–H groups in total. The average Bonchev–Trinajstić information content (AvgIpc) is 2.59. The molecule has 5 heteroatoms. The Morgan fingerprint density at radius 1 is 0.760 bits per heavy atom. The van der Waals surface area contributed by atoms with Crippen LogP contribution in [0.1, 0.15) is 42.0 Å². The summed E-state index contributed by atoms with van der Waals surface area (Å²) in [5.41, 5.74) is 4.92. The molecular formula is C20H23Cl3OS. The van der Waals surface area contributed by atoms with Crippen molar-refractivity contribution in [2.75, 3.05) is 0 Å². The fourth-order valence-corrected chi connectivity index (χ4v) is 3.73. The van der Waals surface area contributed by atoms with E-state index in [0.717, 1.165) is 24.8 Å². The molecule has 2 aromatic carbocycles. The van der Waals surface area contributed by atoms with Gasteiger partial charge in [0.15, 0.2) is 0 Å². The topological polar surface area (TPSA) is 17.1 Å². The number of alkyl halides is 3. The summed E-state index contributed by atoms with van der Waals surface area (Å²) in [4.78, 5) is 0. The zero-order valence-electron chi connectivity index (χ0n) is 14.3. The van der Waals surface area contributed by atoms with Crippen molar-refractivity contribution < 1.29 is 4.21 Å². The number of benzene rings is 2. The zero-order chi connectivity index (χ0) is 18.3. The molecule has 0 aliphatic heterocycles. The van der Waals surface area contributed by atoms with Crippen molar-refractivity contribution in [2.45, 2.75) is 47.9 Å². The molecule has 1 unspecified atom stereocenters. The summed E-state index contributed by atoms with van der Waals surface area (Å²) in [6.07, 6.45) is 5.62. The van der Waals surface area contributed by atoms with Gasteiger partial charge in [0.05, 0.1) is 16.6 Å². The van der Waals surface area contributed by atoms with E-state index in [2.05, 4.69) is 43.3 Å². The first-order valence-corrected chi connectivity index (χ1v) is 10.9. The highest BCUT2D eigenvalue weighted by atomic mass is 35.6. The third-order valence-corrected chi connectivity index (χ3v) is 6.78. The van der Waals surface area contributed by atoms with E-state index in [1.165, 1.54) is 29.5 Å². The molecule has 0 amide bonds. The Kier molecular flexibility index (Phi) is 8.28. The third kappa shape index (κ3) is 7.30. The molecule has 0 saturated heterocycles. The largest absolute Gasteiger partial charge is 0.266 e. The van der Waals surface area contributed by atoms with E-state index in [9.17, 15) is 4.21 Å². The monoisotopic (exact) mass is 416 g/mol. The van der Waals surface area contributed by atoms with Gasteiger partial charge < -0.3 is 0 Å². The molecule has 136 valence electrons. The van der Waals surface area contributed by atoms with Gasteiger partial charge in [-0.15, -0.1) is 0 Å². The van der Waals surface area contributed by atoms with Gasteiger partial charge in [0.2, 0.25) is 0 Å². The Labute approximate surface area is 168 Å². The molecular weight excluding hydrogens is 395 g/mol. The van der Waals surface area contributed by atoms with Crippen LogP contribution in [0.2, 0.25) is 0 Å². The van der Waals surface area contributed by atoms with Crippen LogP contribution in [0.15, 0.2) is 48.5 Å². The summed E-state index contributed by atoms with van der Waals surface area (Å²) < 4.78 is 10.1. The van der Waals surface area contributed by atoms with Crippen molar-refractivity contribution in [3.8, 4) is 0 Å². The second-order valence-electron chi connectivity index (χ2n) is 6.17. The molecule has 0 spiro atoms. The van der Waals surface area contributed by atoms with Gasteiger partial charge in [-0.2, -0.15) is 0 Å². The number of hydrogen-bond donors (Lipinski definition) is 0. The van der Waals surface area contributed by atoms with Crippen LogP contribution in [0, 0.1) is 0 Å². The lowest BCUT2D eigenvalue weighted by atomic mass is 10.0. The normalized spacial score (nSPS) is 13.0. The minimum atomic E-state index is -1.73. The highest BCUT2D eigenvalue weighted by Gasteiger charge is 2.28. The van der Waals surface area contributed by atoms with Crippen LogP contribution in [-0.2, 0) is 35.8 Å². The maximum atomic E-state index is 11.8. The van der Waals surface area contributed by atoms with Crippen molar-refractivity contribution in [3.05, 3.63) is 70.8 Å². The molecule has 0 fully saturated rings. The van der Waals surface area contributed by atoms with Gasteiger partial charge in [0.25, 0.3) is 3.12 Å². The maximum absolute atomic E-state index is 11.8. The fraction of sp³-hybridized carbons (Fsp3) is 0.400. The van der Waals surface area contributed by atoms with E-state index < -0.39 is 13.9 Å². The van der Waals surface area contributed by atoms with Crippen molar-refractivity contribution in [3.63, 3.8) is 0 Å². The molecule has 1 nitrogen and oxygen atoms in total. The van der Waals surface area contributed by atoms with E-state index in [4.69, 9.17) is 34.8 Å². The summed E-state index contributed by atoms with van der Waals surface area (Å²) in [5.74, 6) is 0.246. The lowest BCUT2D eigenvalue weighted by molar-refractivity contribution is 0.683. The van der Waals surface area contributed by atoms with E-state index in [1.54, 1.807) is 0 Å². The molecule has 0 aromatic heterocycles. The average molecular weight is 418 g/mol. The highest BCUT2D eigenvalue weighted by molar-refractivity contribution is 7.90. The molecule has 0 heterocycles. The van der Waals surface area contributed by atoms with Gasteiger partial charge in [0.1, 0.15) is 0 Å². The quantitative estimate of drug-likeness (QED) is 0.455. The summed E-state index contributed by atoms with van der Waals surface area (Å²) in [6.45, 7) is 2.22. The minimum Gasteiger partial charge on any atom is -0.255 e. The first kappa shape index (κ1) is 20.8. The van der Waals surface area contributed by atoms with Crippen LogP contribution in [0.25, 0.3) is 0 Å². The second kappa shape index (κ2) is 9.97. The first-order valence-electron chi connectivity index (χ1n) is 8.49. The predicted octanol–water partition coefficient (Wildman–Crippen LogP) is 6.39. The van der Waals surface area contributed by atoms with Gasteiger partial charge >= 0.3 is 0 Å². The lowest BCUT2D eigenvalue weighted by Crippen LogP contribution is -2.13. The predicted molar refractivity (Wildman–Crippen MR) is 111 cm³/mol. The summed E-state index contributed by atoms with van der Waals surface area (Å²) in [7, 11) is -1.54. The van der Waals surface area contributed by atoms with Gasteiger partial charge in [-0.1, -0.05) is 96.7 Å². The number of halogens is 3. The van der Waals surface area contributed by atoms with Crippen LogP contribution in [0.4, 0.5) is 0 Å². The SMILES string of the molecule is CCCCc1ccc(CCc2ccc(CS(=O)C(Cl)(Cl)Cl)cc2)cc1. The molecule has 0 bridgehead atoms. The number of unbranched alkanes of at least 4 members (excludes halogenated alkanes) is 1. The molecule has 0 radical (unpaired) electrons. The van der Waals surface area contributed by atoms with Gasteiger partial charge in [-0.25, -0.2) is 0 Å². The van der Waals surface area contributed by atoms with E-state index in [0.29, 0.717) is 0 Å². The van der Waals surface area contributed by atoms with Crippen molar-refractivity contribution in [2.24, 2.45) is 0 Å². The standard InChI is InChI=1S/C20H23Cl3OS/c1-2-3-4-16-5-7-17(8-6-16)9-10-18-11-13-19(14-12-18)15-25(24)20(21,22)23/h5-8,11-14H,2-4,9-10,15H2,1H3. The van der Waals surface area contributed by atoms with E-state index in [-0.39, 0.29) is 5.75 Å². The van der Waals surface area contributed by atoms with Crippen molar-refractivity contribution in [1.82, 2.24) is 0 Å². The zero-order valence-corrected chi connectivity index (χ0v) is 17.4. The van der Waals surface area contributed by atoms with Crippen molar-refractivity contribution in [1.29, 1.82) is 0 Å². The van der Waals surface area contributed by atoms with Crippen molar-refractivity contribution >= 4 is 45.6 Å². The van der Waals surface area contributed by atoms with Gasteiger partial charge in [0, 0.05) is 0 Å². The Hall–Kier alpha value is -0.540. The van der Waals surface area contributed by atoms with E-state index in [1.807, 2.05) is 12.1 Å². The smallest absolute Gasteiger partial charge is 0.255 e. The maximum Gasteiger partial charge on any atom is 0.266 e. The first-order chi connectivity index (χ1) is 11.9. The van der Waals surface area contributed by atoms with Gasteiger partial charge in [-0.3, -0.25) is 4.21 Å². The highest BCUT2D eigenvalue weighted by Crippen LogP contribution is 2.32. The third-order valence-electron chi connectivity index (χ3n) is 4.12. The summed E-state index contributed by atoms with van der Waals surface area (Å²) in [5, 5.41) is 0. The Balaban J connectivity index is 1.86. The molecule has 0 aliphatic carbocycles. The Morgan fingerprint density at radius 2 is 1.16 bits per heavy atom. The molecule has 0 saturated carbocycles. The van der Waals surface area contributed by atoms with Crippen LogP contribution in [0.5, 0.6) is 0 Å². The summed E-state index contributed by atoms with van der Waals surface area (Å²) >= 11 is 17.0. The van der Waals surface area contributed by atoms with Gasteiger partial charge in [-0.05, 0) is 47.9 Å². The fourth-order valence-electron chi connectivity index (χ4n) is 2.58. The van der Waals surface area contributed by atoms with Crippen LogP contribution < -0.4 is 0 Å². The molecule has 1 atom stereocenters. The Morgan fingerprint density at radius 3 is 1.56 bits per heavy atom. The molecule has 0 aliphatic rings. The minimum absolute atomic E-state index is 0.246. The number of hydrogen-bond acceptors (Lipinski definition) is 1.